The van der Waals surface area contributed by atoms with Crippen molar-refractivity contribution in [2.75, 3.05) is 0 Å². The molecule has 0 radical (unpaired) electrons. The molecular formula is C10H15BrO. The van der Waals surface area contributed by atoms with Crippen LogP contribution in [0.5, 0.6) is 0 Å². The van der Waals surface area contributed by atoms with Crippen molar-refractivity contribution in [2.24, 2.45) is 16.7 Å². The normalized spacial score (nSPS) is 50.2. The Labute approximate surface area is 82.0 Å². The van der Waals surface area contributed by atoms with E-state index in [-0.39, 0.29) is 10.8 Å². The van der Waals surface area contributed by atoms with Crippen LogP contribution in [0.4, 0.5) is 0 Å². The Hall–Kier alpha value is 0.150. The first-order valence-corrected chi connectivity index (χ1v) is 5.51. The Morgan fingerprint density at radius 2 is 2.00 bits per heavy atom. The van der Waals surface area contributed by atoms with Gasteiger partial charge in [0.05, 0.1) is 0 Å². The van der Waals surface area contributed by atoms with E-state index in [9.17, 15) is 4.79 Å². The topological polar surface area (TPSA) is 17.1 Å². The van der Waals surface area contributed by atoms with Crippen LogP contribution in [0.25, 0.3) is 0 Å². The number of hydrogen-bond donors (Lipinski definition) is 0. The molecule has 3 atom stereocenters. The van der Waals surface area contributed by atoms with Crippen molar-refractivity contribution in [1.29, 1.82) is 0 Å². The van der Waals surface area contributed by atoms with Crippen molar-refractivity contribution in [3.63, 3.8) is 0 Å². The van der Waals surface area contributed by atoms with E-state index in [1.54, 1.807) is 0 Å². The minimum absolute atomic E-state index is 0.0613. The number of halogens is 1. The molecule has 2 saturated carbocycles. The number of hydrogen-bond acceptors (Lipinski definition) is 1. The summed E-state index contributed by atoms with van der Waals surface area (Å²) < 4.78 is 0. The van der Waals surface area contributed by atoms with Crippen molar-refractivity contribution in [3.8, 4) is 0 Å². The molecular weight excluding hydrogens is 216 g/mol. The lowest BCUT2D eigenvalue weighted by Crippen LogP contribution is -2.35. The highest BCUT2D eigenvalue weighted by atomic mass is 79.9. The van der Waals surface area contributed by atoms with Gasteiger partial charge in [-0.2, -0.15) is 0 Å². The van der Waals surface area contributed by atoms with Crippen molar-refractivity contribution in [2.45, 2.75) is 38.4 Å². The lowest BCUT2D eigenvalue weighted by Gasteiger charge is -2.30. The van der Waals surface area contributed by atoms with Gasteiger partial charge in [0.2, 0.25) is 0 Å². The van der Waals surface area contributed by atoms with E-state index in [0.717, 1.165) is 6.42 Å². The van der Waals surface area contributed by atoms with Gasteiger partial charge in [-0.05, 0) is 18.8 Å². The van der Waals surface area contributed by atoms with Crippen molar-refractivity contribution in [1.82, 2.24) is 0 Å². The fourth-order valence-corrected chi connectivity index (χ4v) is 4.42. The van der Waals surface area contributed by atoms with Gasteiger partial charge in [0.1, 0.15) is 5.78 Å². The standard InChI is InChI=1S/C10H15BrO/c1-9(2)6-4-5-10(3,7(6)11)8(9)12/h6-7H,4-5H2,1-3H3/t6-,7+,10-/m0/s1. The zero-order chi connectivity index (χ0) is 9.15. The van der Waals surface area contributed by atoms with Crippen molar-refractivity contribution in [3.05, 3.63) is 0 Å². The Balaban J connectivity index is 2.48. The summed E-state index contributed by atoms with van der Waals surface area (Å²) in [5.74, 6) is 1.03. The molecule has 2 rings (SSSR count). The van der Waals surface area contributed by atoms with Crippen molar-refractivity contribution < 1.29 is 4.79 Å². The lowest BCUT2D eigenvalue weighted by atomic mass is 9.72. The molecule has 0 N–H and O–H groups in total. The quantitative estimate of drug-likeness (QED) is 0.586. The number of alkyl halides is 1. The van der Waals surface area contributed by atoms with Crippen LogP contribution in [-0.2, 0) is 4.79 Å². The second-order valence-electron chi connectivity index (χ2n) is 5.02. The molecule has 1 nitrogen and oxygen atoms in total. The molecule has 0 saturated heterocycles. The largest absolute Gasteiger partial charge is 0.298 e. The highest BCUT2D eigenvalue weighted by molar-refractivity contribution is 9.09. The van der Waals surface area contributed by atoms with Gasteiger partial charge in [-0.15, -0.1) is 0 Å². The molecule has 0 aromatic carbocycles. The number of ketones is 1. The third-order valence-corrected chi connectivity index (χ3v) is 5.62. The molecule has 0 aromatic rings. The first-order valence-electron chi connectivity index (χ1n) is 4.59. The molecule has 12 heavy (non-hydrogen) atoms. The van der Waals surface area contributed by atoms with E-state index in [4.69, 9.17) is 0 Å². The van der Waals surface area contributed by atoms with E-state index < -0.39 is 0 Å². The van der Waals surface area contributed by atoms with Crippen LogP contribution in [0.1, 0.15) is 33.6 Å². The zero-order valence-corrected chi connectivity index (χ0v) is 9.44. The lowest BCUT2D eigenvalue weighted by molar-refractivity contribution is -0.134. The Morgan fingerprint density at radius 3 is 2.25 bits per heavy atom. The first-order chi connectivity index (χ1) is 5.40. The third-order valence-electron chi connectivity index (χ3n) is 3.97. The second kappa shape index (κ2) is 2.14. The van der Waals surface area contributed by atoms with Gasteiger partial charge in [-0.3, -0.25) is 4.79 Å². The first kappa shape index (κ1) is 8.74. The molecule has 2 aliphatic carbocycles. The van der Waals surface area contributed by atoms with Gasteiger partial charge in [0, 0.05) is 15.7 Å². The summed E-state index contributed by atoms with van der Waals surface area (Å²) in [5.41, 5.74) is -0.144. The fourth-order valence-electron chi connectivity index (χ4n) is 3.05. The van der Waals surface area contributed by atoms with Gasteiger partial charge >= 0.3 is 0 Å². The van der Waals surface area contributed by atoms with Crippen LogP contribution in [0.2, 0.25) is 0 Å². The molecule has 2 heteroatoms. The summed E-state index contributed by atoms with van der Waals surface area (Å²) in [6, 6.07) is 0. The summed E-state index contributed by atoms with van der Waals surface area (Å²) in [5, 5.41) is 0. The average Bonchev–Trinajstić information content (AvgIpc) is 2.32. The van der Waals surface area contributed by atoms with E-state index in [0.29, 0.717) is 16.5 Å². The Kier molecular flexibility index (Phi) is 1.56. The van der Waals surface area contributed by atoms with Crippen LogP contribution in [-0.4, -0.2) is 10.6 Å². The van der Waals surface area contributed by atoms with E-state index >= 15 is 0 Å². The molecule has 0 unspecified atom stereocenters. The van der Waals surface area contributed by atoms with Gasteiger partial charge in [-0.25, -0.2) is 0 Å². The second-order valence-corrected chi connectivity index (χ2v) is 6.00. The van der Waals surface area contributed by atoms with Crippen LogP contribution in [0.15, 0.2) is 0 Å². The van der Waals surface area contributed by atoms with Gasteiger partial charge in [-0.1, -0.05) is 36.7 Å². The van der Waals surface area contributed by atoms with Crippen LogP contribution in [0, 0.1) is 16.7 Å². The predicted molar refractivity (Wildman–Crippen MR) is 52.3 cm³/mol. The summed E-state index contributed by atoms with van der Waals surface area (Å²) in [6.07, 6.45) is 2.29. The van der Waals surface area contributed by atoms with Crippen LogP contribution >= 0.6 is 15.9 Å². The van der Waals surface area contributed by atoms with E-state index in [2.05, 4.69) is 36.7 Å². The van der Waals surface area contributed by atoms with Crippen LogP contribution < -0.4 is 0 Å². The minimum atomic E-state index is -0.0822. The monoisotopic (exact) mass is 230 g/mol. The smallest absolute Gasteiger partial charge is 0.145 e. The summed E-state index contributed by atoms with van der Waals surface area (Å²) in [6.45, 7) is 6.31. The maximum atomic E-state index is 12.0. The fraction of sp³-hybridized carbons (Fsp3) is 0.900. The van der Waals surface area contributed by atoms with E-state index in [1.807, 2.05) is 0 Å². The maximum absolute atomic E-state index is 12.0. The summed E-state index contributed by atoms with van der Waals surface area (Å²) in [7, 11) is 0. The van der Waals surface area contributed by atoms with Crippen molar-refractivity contribution >= 4 is 21.7 Å². The molecule has 68 valence electrons. The van der Waals surface area contributed by atoms with Gasteiger partial charge in [0.15, 0.2) is 0 Å². The number of rotatable bonds is 0. The number of carbonyl (C=O) groups excluding carboxylic acids is 1. The minimum Gasteiger partial charge on any atom is -0.298 e. The molecule has 0 aliphatic heterocycles. The average molecular weight is 231 g/mol. The number of Topliss-reactive ketones (excluding diaryl/α,β-unsaturated/α-hetero) is 1. The summed E-state index contributed by atoms with van der Waals surface area (Å²) >= 11 is 3.68. The van der Waals surface area contributed by atoms with E-state index in [1.165, 1.54) is 6.42 Å². The molecule has 0 aromatic heterocycles. The van der Waals surface area contributed by atoms with Gasteiger partial charge < -0.3 is 0 Å². The molecule has 0 spiro atoms. The number of carbonyl (C=O) groups is 1. The maximum Gasteiger partial charge on any atom is 0.145 e. The highest BCUT2D eigenvalue weighted by Crippen LogP contribution is 2.62. The third kappa shape index (κ3) is 0.729. The molecule has 2 aliphatic rings. The summed E-state index contributed by atoms with van der Waals surface area (Å²) in [4.78, 5) is 12.4. The highest BCUT2D eigenvalue weighted by Gasteiger charge is 2.64. The van der Waals surface area contributed by atoms with Gasteiger partial charge in [0.25, 0.3) is 0 Å². The Bertz CT molecular complexity index is 246. The molecule has 2 bridgehead atoms. The number of fused-ring (bicyclic) bond motifs is 2. The predicted octanol–water partition coefficient (Wildman–Crippen LogP) is 2.78. The zero-order valence-electron chi connectivity index (χ0n) is 7.86. The Morgan fingerprint density at radius 1 is 1.42 bits per heavy atom. The molecule has 0 amide bonds. The SMILES string of the molecule is CC1(C)C(=O)[C@@]2(C)CC[C@H]1[C@H]2Br. The molecule has 2 fully saturated rings. The molecule has 0 heterocycles. The van der Waals surface area contributed by atoms with Crippen LogP contribution in [0.3, 0.4) is 0 Å².